The van der Waals surface area contributed by atoms with Crippen LogP contribution in [-0.4, -0.2) is 43.5 Å². The number of fused-ring (bicyclic) bond motifs is 1. The lowest BCUT2D eigenvalue weighted by atomic mass is 10.1. The van der Waals surface area contributed by atoms with Crippen molar-refractivity contribution < 1.29 is 32.0 Å². The van der Waals surface area contributed by atoms with E-state index < -0.39 is 24.0 Å². The molecule has 1 aliphatic heterocycles. The summed E-state index contributed by atoms with van der Waals surface area (Å²) in [6.45, 7) is 6.24. The van der Waals surface area contributed by atoms with Crippen LogP contribution in [0.2, 0.25) is 0 Å². The molecule has 0 atom stereocenters. The summed E-state index contributed by atoms with van der Waals surface area (Å²) in [6, 6.07) is 3.27. The zero-order chi connectivity index (χ0) is 22.9. The van der Waals surface area contributed by atoms with Gasteiger partial charge in [-0.2, -0.15) is 8.78 Å². The van der Waals surface area contributed by atoms with Crippen LogP contribution in [-0.2, 0) is 24.3 Å². The van der Waals surface area contributed by atoms with Crippen molar-refractivity contribution in [3.05, 3.63) is 41.2 Å². The van der Waals surface area contributed by atoms with E-state index in [0.717, 1.165) is 5.56 Å². The normalized spacial score (nSPS) is 13.9. The van der Waals surface area contributed by atoms with Gasteiger partial charge in [0.2, 0.25) is 5.89 Å². The monoisotopic (exact) mass is 449 g/mol. The maximum absolute atomic E-state index is 12.6. The summed E-state index contributed by atoms with van der Waals surface area (Å²) in [5, 5.41) is 10.8. The number of nitrogens with zero attached hydrogens (tertiary/aromatic N) is 5. The van der Waals surface area contributed by atoms with Crippen molar-refractivity contribution in [3.8, 4) is 17.3 Å². The Morgan fingerprint density at radius 2 is 2.09 bits per heavy atom. The van der Waals surface area contributed by atoms with Gasteiger partial charge in [0.25, 0.3) is 11.8 Å². The molecule has 1 aliphatic rings. The van der Waals surface area contributed by atoms with E-state index in [1.807, 2.05) is 20.8 Å². The van der Waals surface area contributed by atoms with Crippen LogP contribution in [0.25, 0.3) is 11.5 Å². The largest absolute Gasteiger partial charge is 0.469 e. The number of carbonyl (C=O) groups is 1. The number of alkyl halides is 2. The number of ether oxygens (including phenoxy) is 2. The minimum absolute atomic E-state index is 0.0413. The molecule has 12 heteroatoms. The lowest BCUT2D eigenvalue weighted by Gasteiger charge is -2.29. The van der Waals surface area contributed by atoms with E-state index in [-0.39, 0.29) is 19.0 Å². The highest BCUT2D eigenvalue weighted by Crippen LogP contribution is 2.29. The Kier molecular flexibility index (Phi) is 5.76. The van der Waals surface area contributed by atoms with E-state index in [9.17, 15) is 13.6 Å². The van der Waals surface area contributed by atoms with Gasteiger partial charge in [0.1, 0.15) is 12.2 Å². The zero-order valence-corrected chi connectivity index (χ0v) is 17.7. The Labute approximate surface area is 181 Å². The summed E-state index contributed by atoms with van der Waals surface area (Å²) >= 11 is 0. The van der Waals surface area contributed by atoms with Crippen LogP contribution in [0.4, 0.5) is 13.6 Å². The van der Waals surface area contributed by atoms with E-state index in [1.165, 1.54) is 6.20 Å². The Morgan fingerprint density at radius 1 is 1.28 bits per heavy atom. The first-order valence-electron chi connectivity index (χ1n) is 9.84. The van der Waals surface area contributed by atoms with Crippen molar-refractivity contribution in [2.45, 2.75) is 52.4 Å². The Hall–Kier alpha value is -3.57. The maximum Gasteiger partial charge on any atom is 0.410 e. The number of hydrogen-bond donors (Lipinski definition) is 0. The van der Waals surface area contributed by atoms with E-state index >= 15 is 0 Å². The van der Waals surface area contributed by atoms with Gasteiger partial charge in [-0.15, -0.1) is 10.2 Å². The predicted octanol–water partition coefficient (Wildman–Crippen LogP) is 3.93. The van der Waals surface area contributed by atoms with Crippen molar-refractivity contribution in [2.75, 3.05) is 6.54 Å². The molecule has 0 fully saturated rings. The lowest BCUT2D eigenvalue weighted by Crippen LogP contribution is -2.39. The molecule has 3 aromatic rings. The minimum Gasteiger partial charge on any atom is -0.469 e. The number of halogens is 2. The van der Waals surface area contributed by atoms with Crippen molar-refractivity contribution in [3.63, 3.8) is 0 Å². The summed E-state index contributed by atoms with van der Waals surface area (Å²) < 4.78 is 46.5. The van der Waals surface area contributed by atoms with Gasteiger partial charge in [-0.25, -0.2) is 4.79 Å². The smallest absolute Gasteiger partial charge is 0.410 e. The van der Waals surface area contributed by atoms with Crippen LogP contribution in [0.3, 0.4) is 0 Å². The first-order chi connectivity index (χ1) is 15.2. The van der Waals surface area contributed by atoms with Crippen LogP contribution < -0.4 is 4.74 Å². The Balaban J connectivity index is 1.36. The molecular formula is C20H21F2N5O5. The molecule has 0 unspecified atom stereocenters. The molecule has 0 radical (unpaired) electrons. The van der Waals surface area contributed by atoms with Crippen molar-refractivity contribution in [1.29, 1.82) is 0 Å². The second-order valence-electron chi connectivity index (χ2n) is 8.11. The summed E-state index contributed by atoms with van der Waals surface area (Å²) in [6.07, 6.45) is -1.29. The van der Waals surface area contributed by atoms with Gasteiger partial charge in [0, 0.05) is 12.7 Å². The molecule has 0 aliphatic carbocycles. The van der Waals surface area contributed by atoms with E-state index in [2.05, 4.69) is 20.3 Å². The SMILES string of the molecule is CC(C)(C)OC(=O)N1CCc2c(OCc3ccc(-c4nnc(C(F)F)o4)cn3)noc2C1. The number of rotatable bonds is 5. The van der Waals surface area contributed by atoms with Gasteiger partial charge in [-0.05, 0) is 44.5 Å². The van der Waals surface area contributed by atoms with Crippen molar-refractivity contribution in [1.82, 2.24) is 25.2 Å². The molecule has 0 saturated carbocycles. The molecule has 0 aromatic carbocycles. The second-order valence-corrected chi connectivity index (χ2v) is 8.11. The van der Waals surface area contributed by atoms with E-state index in [4.69, 9.17) is 18.4 Å². The van der Waals surface area contributed by atoms with Gasteiger partial charge in [0.05, 0.1) is 23.4 Å². The van der Waals surface area contributed by atoms with Gasteiger partial charge >= 0.3 is 12.5 Å². The second kappa shape index (κ2) is 8.52. The molecule has 4 rings (SSSR count). The molecule has 3 aromatic heterocycles. The lowest BCUT2D eigenvalue weighted by molar-refractivity contribution is 0.0205. The highest BCUT2D eigenvalue weighted by Gasteiger charge is 2.30. The summed E-state index contributed by atoms with van der Waals surface area (Å²) in [4.78, 5) is 18.0. The van der Waals surface area contributed by atoms with Crippen LogP contribution in [0.1, 0.15) is 50.1 Å². The number of amides is 1. The highest BCUT2D eigenvalue weighted by atomic mass is 19.3. The third-order valence-electron chi connectivity index (χ3n) is 4.51. The van der Waals surface area contributed by atoms with Crippen LogP contribution in [0.15, 0.2) is 27.3 Å². The predicted molar refractivity (Wildman–Crippen MR) is 104 cm³/mol. The number of carbonyl (C=O) groups excluding carboxylic acids is 1. The molecule has 0 N–H and O–H groups in total. The highest BCUT2D eigenvalue weighted by molar-refractivity contribution is 5.68. The number of aromatic nitrogens is 4. The zero-order valence-electron chi connectivity index (χ0n) is 17.7. The third-order valence-corrected chi connectivity index (χ3v) is 4.51. The van der Waals surface area contributed by atoms with Gasteiger partial charge < -0.3 is 23.3 Å². The molecule has 4 heterocycles. The maximum atomic E-state index is 12.6. The number of pyridine rings is 1. The van der Waals surface area contributed by atoms with Crippen molar-refractivity contribution >= 4 is 6.09 Å². The topological polar surface area (TPSA) is 117 Å². The molecule has 0 spiro atoms. The summed E-state index contributed by atoms with van der Waals surface area (Å²) in [7, 11) is 0. The fraction of sp³-hybridized carbons (Fsp3) is 0.450. The van der Waals surface area contributed by atoms with Crippen LogP contribution >= 0.6 is 0 Å². The molecule has 0 saturated heterocycles. The molecule has 1 amide bonds. The molecule has 32 heavy (non-hydrogen) atoms. The van der Waals surface area contributed by atoms with E-state index in [1.54, 1.807) is 17.0 Å². The average molecular weight is 449 g/mol. The first-order valence-corrected chi connectivity index (χ1v) is 9.84. The van der Waals surface area contributed by atoms with Gasteiger partial charge in [0.15, 0.2) is 5.76 Å². The first kappa shape index (κ1) is 21.7. The van der Waals surface area contributed by atoms with Gasteiger partial charge in [-0.1, -0.05) is 0 Å². The van der Waals surface area contributed by atoms with Crippen molar-refractivity contribution in [2.24, 2.45) is 0 Å². The molecule has 10 nitrogen and oxygen atoms in total. The van der Waals surface area contributed by atoms with Crippen LogP contribution in [0, 0.1) is 0 Å². The quantitative estimate of drug-likeness (QED) is 0.571. The molecule has 0 bridgehead atoms. The fourth-order valence-electron chi connectivity index (χ4n) is 3.01. The average Bonchev–Trinajstić information content (AvgIpc) is 3.38. The third kappa shape index (κ3) is 4.84. The Morgan fingerprint density at radius 3 is 2.75 bits per heavy atom. The minimum atomic E-state index is -2.83. The standard InChI is InChI=1S/C20H21F2N5O5/c1-20(2,3)31-19(28)27-7-6-13-14(9-27)32-26-17(13)29-10-12-5-4-11(8-23-12)16-24-25-18(30-16)15(21)22/h4-5,8,15H,6-7,9-10H2,1-3H3. The van der Waals surface area contributed by atoms with E-state index in [0.29, 0.717) is 35.9 Å². The number of hydrogen-bond acceptors (Lipinski definition) is 9. The fourth-order valence-corrected chi connectivity index (χ4v) is 3.01. The molecule has 170 valence electrons. The molecular weight excluding hydrogens is 428 g/mol. The summed E-state index contributed by atoms with van der Waals surface area (Å²) in [5.74, 6) is 0.105. The van der Waals surface area contributed by atoms with Gasteiger partial charge in [-0.3, -0.25) is 4.98 Å². The summed E-state index contributed by atoms with van der Waals surface area (Å²) in [5.41, 5.74) is 1.20. The van der Waals surface area contributed by atoms with Crippen LogP contribution in [0.5, 0.6) is 5.88 Å². The Bertz CT molecular complexity index is 1090.